The van der Waals surface area contributed by atoms with Gasteiger partial charge in [-0.15, -0.1) is 0 Å². The van der Waals surface area contributed by atoms with Gasteiger partial charge in [0.05, 0.1) is 0 Å². The summed E-state index contributed by atoms with van der Waals surface area (Å²) in [7, 11) is 0. The fourth-order valence-corrected chi connectivity index (χ4v) is 4.20. The van der Waals surface area contributed by atoms with Gasteiger partial charge in [0.1, 0.15) is 5.78 Å². The van der Waals surface area contributed by atoms with Crippen LogP contribution in [0.4, 0.5) is 0 Å². The summed E-state index contributed by atoms with van der Waals surface area (Å²) in [5.74, 6) is 0.237. The zero-order valence-electron chi connectivity index (χ0n) is 15.0. The quantitative estimate of drug-likeness (QED) is 0.787. The molecule has 122 valence electrons. The average molecular weight is 295 g/mol. The maximum absolute atomic E-state index is 12.2. The van der Waals surface area contributed by atoms with Crippen molar-refractivity contribution in [2.75, 3.05) is 13.1 Å². The van der Waals surface area contributed by atoms with Crippen molar-refractivity contribution in [2.24, 2.45) is 16.2 Å². The highest BCUT2D eigenvalue weighted by molar-refractivity contribution is 5.83. The zero-order valence-corrected chi connectivity index (χ0v) is 15.0. The minimum absolute atomic E-state index is 0.0964. The molecule has 0 aromatic carbocycles. The Morgan fingerprint density at radius 2 is 1.33 bits per heavy atom. The standard InChI is InChI=1S/C18H33NO2/c1-14(20)8-9-15(21)19-12-10-18(11-13-19,16(2,3)4)17(5,6)7/h8-13H2,1-7H3. The molecule has 0 unspecified atom stereocenters. The molecule has 1 aliphatic rings. The van der Waals surface area contributed by atoms with Gasteiger partial charge in [0.15, 0.2) is 0 Å². The van der Waals surface area contributed by atoms with Crippen LogP contribution in [-0.2, 0) is 9.59 Å². The van der Waals surface area contributed by atoms with E-state index in [1.165, 1.54) is 0 Å². The second-order valence-corrected chi connectivity index (χ2v) is 8.66. The molecule has 3 heteroatoms. The highest BCUT2D eigenvalue weighted by Gasteiger charge is 2.51. The molecule has 21 heavy (non-hydrogen) atoms. The molecule has 1 amide bonds. The SMILES string of the molecule is CC(=O)CCC(=O)N1CCC(C(C)(C)C)(C(C)(C)C)CC1. The zero-order chi connectivity index (χ0) is 16.5. The van der Waals surface area contributed by atoms with Crippen LogP contribution >= 0.6 is 0 Å². The lowest BCUT2D eigenvalue weighted by molar-refractivity contribution is -0.141. The number of Topliss-reactive ketones (excluding diaryl/α,β-unsaturated/α-hetero) is 1. The molecule has 0 radical (unpaired) electrons. The molecule has 0 atom stereocenters. The first kappa shape index (κ1) is 18.2. The largest absolute Gasteiger partial charge is 0.343 e. The molecule has 0 aliphatic carbocycles. The smallest absolute Gasteiger partial charge is 0.223 e. The molecule has 1 aliphatic heterocycles. The number of hydrogen-bond acceptors (Lipinski definition) is 2. The van der Waals surface area contributed by atoms with Gasteiger partial charge < -0.3 is 9.69 Å². The van der Waals surface area contributed by atoms with Crippen molar-refractivity contribution in [1.29, 1.82) is 0 Å². The number of nitrogens with zero attached hydrogens (tertiary/aromatic N) is 1. The van der Waals surface area contributed by atoms with Crippen molar-refractivity contribution in [3.05, 3.63) is 0 Å². The third kappa shape index (κ3) is 3.87. The molecule has 0 bridgehead atoms. The van der Waals surface area contributed by atoms with Gasteiger partial charge in [-0.2, -0.15) is 0 Å². The van der Waals surface area contributed by atoms with Gasteiger partial charge >= 0.3 is 0 Å². The molecule has 1 fully saturated rings. The normalized spacial score (nSPS) is 19.5. The van der Waals surface area contributed by atoms with Gasteiger partial charge in [-0.3, -0.25) is 4.79 Å². The molecule has 1 heterocycles. The predicted octanol–water partition coefficient (Wildman–Crippen LogP) is 4.06. The van der Waals surface area contributed by atoms with E-state index in [2.05, 4.69) is 41.5 Å². The van der Waals surface area contributed by atoms with E-state index in [9.17, 15) is 9.59 Å². The summed E-state index contributed by atoms with van der Waals surface area (Å²) >= 11 is 0. The summed E-state index contributed by atoms with van der Waals surface area (Å²) in [5, 5.41) is 0. The Hall–Kier alpha value is -0.860. The van der Waals surface area contributed by atoms with Gasteiger partial charge in [0, 0.05) is 25.9 Å². The maximum atomic E-state index is 12.2. The van der Waals surface area contributed by atoms with Crippen LogP contribution in [0.2, 0.25) is 0 Å². The Balaban J connectivity index is 2.76. The van der Waals surface area contributed by atoms with Crippen LogP contribution in [0.5, 0.6) is 0 Å². The van der Waals surface area contributed by atoms with Crippen LogP contribution in [0.1, 0.15) is 74.1 Å². The molecular formula is C18H33NO2. The number of ketones is 1. The predicted molar refractivity (Wildman–Crippen MR) is 87.1 cm³/mol. The highest BCUT2D eigenvalue weighted by Crippen LogP contribution is 2.57. The first-order chi connectivity index (χ1) is 9.41. The molecular weight excluding hydrogens is 262 g/mol. The van der Waals surface area contributed by atoms with Crippen LogP contribution in [0, 0.1) is 16.2 Å². The fourth-order valence-electron chi connectivity index (χ4n) is 4.20. The van der Waals surface area contributed by atoms with E-state index in [1.54, 1.807) is 6.92 Å². The number of carbonyl (C=O) groups is 2. The van der Waals surface area contributed by atoms with E-state index in [0.717, 1.165) is 25.9 Å². The van der Waals surface area contributed by atoms with Crippen molar-refractivity contribution in [1.82, 2.24) is 4.90 Å². The maximum Gasteiger partial charge on any atom is 0.223 e. The average Bonchev–Trinajstić information content (AvgIpc) is 2.33. The molecule has 0 saturated carbocycles. The molecule has 0 N–H and O–H groups in total. The Bertz CT molecular complexity index is 374. The second kappa shape index (κ2) is 6.10. The summed E-state index contributed by atoms with van der Waals surface area (Å²) in [6.45, 7) is 17.1. The minimum Gasteiger partial charge on any atom is -0.343 e. The van der Waals surface area contributed by atoms with E-state index in [4.69, 9.17) is 0 Å². The van der Waals surface area contributed by atoms with E-state index < -0.39 is 0 Å². The lowest BCUT2D eigenvalue weighted by Crippen LogP contribution is -2.54. The van der Waals surface area contributed by atoms with Crippen molar-refractivity contribution < 1.29 is 9.59 Å². The van der Waals surface area contributed by atoms with Crippen molar-refractivity contribution in [3.63, 3.8) is 0 Å². The summed E-state index contributed by atoms with van der Waals surface area (Å²) in [6, 6.07) is 0. The second-order valence-electron chi connectivity index (χ2n) is 8.66. The van der Waals surface area contributed by atoms with E-state index in [-0.39, 0.29) is 27.9 Å². The summed E-state index contributed by atoms with van der Waals surface area (Å²) in [4.78, 5) is 25.2. The topological polar surface area (TPSA) is 37.4 Å². The van der Waals surface area contributed by atoms with Crippen molar-refractivity contribution in [2.45, 2.75) is 74.1 Å². The monoisotopic (exact) mass is 295 g/mol. The van der Waals surface area contributed by atoms with E-state index in [0.29, 0.717) is 12.8 Å². The number of rotatable bonds is 3. The Morgan fingerprint density at radius 1 is 0.905 bits per heavy atom. The first-order valence-electron chi connectivity index (χ1n) is 8.18. The number of likely N-dealkylation sites (tertiary alicyclic amines) is 1. The van der Waals surface area contributed by atoms with Gasteiger partial charge in [-0.05, 0) is 36.0 Å². The van der Waals surface area contributed by atoms with Crippen LogP contribution in [0.25, 0.3) is 0 Å². The molecule has 0 aromatic heterocycles. The van der Waals surface area contributed by atoms with Crippen LogP contribution < -0.4 is 0 Å². The number of hydrogen-bond donors (Lipinski definition) is 0. The number of amides is 1. The minimum atomic E-state index is 0.0964. The van der Waals surface area contributed by atoms with Crippen LogP contribution in [0.3, 0.4) is 0 Å². The van der Waals surface area contributed by atoms with E-state index in [1.807, 2.05) is 4.90 Å². The van der Waals surface area contributed by atoms with E-state index >= 15 is 0 Å². The summed E-state index contributed by atoms with van der Waals surface area (Å²) in [5.41, 5.74) is 0.691. The fraction of sp³-hybridized carbons (Fsp3) is 0.889. The van der Waals surface area contributed by atoms with Gasteiger partial charge in [-0.1, -0.05) is 41.5 Å². The van der Waals surface area contributed by atoms with Gasteiger partial charge in [0.25, 0.3) is 0 Å². The van der Waals surface area contributed by atoms with Gasteiger partial charge in [0.2, 0.25) is 5.91 Å². The third-order valence-corrected chi connectivity index (χ3v) is 5.53. The molecule has 0 spiro atoms. The lowest BCUT2D eigenvalue weighted by atomic mass is 9.50. The number of carbonyl (C=O) groups excluding carboxylic acids is 2. The summed E-state index contributed by atoms with van der Waals surface area (Å²) < 4.78 is 0. The first-order valence-corrected chi connectivity index (χ1v) is 8.18. The third-order valence-electron chi connectivity index (χ3n) is 5.53. The summed E-state index contributed by atoms with van der Waals surface area (Å²) in [6.07, 6.45) is 2.84. The van der Waals surface area contributed by atoms with Crippen molar-refractivity contribution >= 4 is 11.7 Å². The molecule has 1 saturated heterocycles. The Morgan fingerprint density at radius 3 is 1.67 bits per heavy atom. The molecule has 3 nitrogen and oxygen atoms in total. The Kier molecular flexibility index (Phi) is 5.28. The van der Waals surface area contributed by atoms with Gasteiger partial charge in [-0.25, -0.2) is 0 Å². The van der Waals surface area contributed by atoms with Crippen LogP contribution in [-0.4, -0.2) is 29.7 Å². The number of piperidine rings is 1. The lowest BCUT2D eigenvalue weighted by Gasteiger charge is -2.57. The molecule has 0 aromatic rings. The van der Waals surface area contributed by atoms with Crippen LogP contribution in [0.15, 0.2) is 0 Å². The Labute approximate surface area is 130 Å². The highest BCUT2D eigenvalue weighted by atomic mass is 16.2. The van der Waals surface area contributed by atoms with Crippen molar-refractivity contribution in [3.8, 4) is 0 Å². The molecule has 1 rings (SSSR count).